The number of nitrogens with one attached hydrogen (secondary N) is 1. The van der Waals surface area contributed by atoms with Gasteiger partial charge in [0, 0.05) is 6.04 Å². The Hall–Kier alpha value is -4.01. The van der Waals surface area contributed by atoms with Gasteiger partial charge in [-0.05, 0) is 55.8 Å². The van der Waals surface area contributed by atoms with Gasteiger partial charge in [-0.15, -0.1) is 0 Å². The first-order valence-corrected chi connectivity index (χ1v) is 12.1. The highest BCUT2D eigenvalue weighted by atomic mass is 32.2. The fourth-order valence-corrected chi connectivity index (χ4v) is 2.37. The number of guanidine groups is 1. The molecule has 0 atom stereocenters. The maximum absolute atomic E-state index is 12.2. The van der Waals surface area contributed by atoms with Crippen LogP contribution in [-0.2, 0) is 35.9 Å². The van der Waals surface area contributed by atoms with Crippen molar-refractivity contribution < 1.29 is 41.9 Å². The summed E-state index contributed by atoms with van der Waals surface area (Å²) in [5.74, 6) is -1.39. The van der Waals surface area contributed by atoms with E-state index in [1.807, 2.05) is 0 Å². The van der Waals surface area contributed by atoms with Crippen molar-refractivity contribution in [3.63, 3.8) is 0 Å². The molecule has 36 heavy (non-hydrogen) atoms. The first-order chi connectivity index (χ1) is 16.7. The molecule has 0 saturated carbocycles. The lowest BCUT2D eigenvalue weighted by Gasteiger charge is -2.08. The van der Waals surface area contributed by atoms with E-state index < -0.39 is 22.1 Å². The van der Waals surface area contributed by atoms with Crippen LogP contribution in [0.4, 0.5) is 5.69 Å². The molecule has 0 aromatic heterocycles. The van der Waals surface area contributed by atoms with Gasteiger partial charge in [0.15, 0.2) is 12.6 Å². The van der Waals surface area contributed by atoms with Crippen molar-refractivity contribution >= 4 is 39.6 Å². The molecular weight excluding hydrogens is 496 g/mol. The summed E-state index contributed by atoms with van der Waals surface area (Å²) in [5.41, 5.74) is 12.0. The lowest BCUT2D eigenvalue weighted by molar-refractivity contribution is -0.267. The van der Waals surface area contributed by atoms with Gasteiger partial charge in [-0.25, -0.2) is 14.6 Å². The molecule has 6 N–H and O–H groups in total. The Morgan fingerprint density at radius 3 is 2.08 bits per heavy atom. The predicted molar refractivity (Wildman–Crippen MR) is 130 cm³/mol. The van der Waals surface area contributed by atoms with Crippen LogP contribution in [0.15, 0.2) is 53.5 Å². The minimum Gasteiger partial charge on any atom is -0.423 e. The Balaban J connectivity index is 0.00000118. The Bertz CT molecular complexity index is 1150. The van der Waals surface area contributed by atoms with Gasteiger partial charge in [0.05, 0.1) is 23.9 Å². The van der Waals surface area contributed by atoms with Crippen LogP contribution in [0.1, 0.15) is 29.8 Å². The molecule has 1 amide bonds. The minimum atomic E-state index is -3.67. The molecule has 0 radical (unpaired) electrons. The Morgan fingerprint density at radius 2 is 1.58 bits per heavy atom. The number of hydrogen-bond donors (Lipinski definition) is 4. The summed E-state index contributed by atoms with van der Waals surface area (Å²) >= 11 is 0. The summed E-state index contributed by atoms with van der Waals surface area (Å²) < 4.78 is 31.2. The largest absolute Gasteiger partial charge is 0.423 e. The highest BCUT2D eigenvalue weighted by Crippen LogP contribution is 2.17. The van der Waals surface area contributed by atoms with Crippen LogP contribution in [0.2, 0.25) is 0 Å². The number of amides is 1. The van der Waals surface area contributed by atoms with E-state index in [1.54, 1.807) is 50.2 Å². The van der Waals surface area contributed by atoms with Crippen molar-refractivity contribution in [2.45, 2.75) is 26.3 Å². The van der Waals surface area contributed by atoms with Gasteiger partial charge in [-0.3, -0.25) is 14.2 Å². The standard InChI is InChI=1S/C21H24N4O6.CH4O3S/c1-13(2)24-18(26)12-29-31-19(27)11-14-3-9-17(10-4-14)30-20(28)15-5-7-16(8-6-15)25-21(22)23;1-5(2,3)4/h3-10,13H,11-12H2,1-2H3,(H,24,26)(H4,22,23,25);1H3,(H,2,3,4). The van der Waals surface area contributed by atoms with Crippen molar-refractivity contribution in [3.05, 3.63) is 59.7 Å². The van der Waals surface area contributed by atoms with Gasteiger partial charge >= 0.3 is 11.9 Å². The van der Waals surface area contributed by atoms with Gasteiger partial charge in [0.1, 0.15) is 5.75 Å². The molecule has 0 spiro atoms. The summed E-state index contributed by atoms with van der Waals surface area (Å²) in [7, 11) is -3.67. The smallest absolute Gasteiger partial charge is 0.346 e. The number of rotatable bonds is 9. The highest BCUT2D eigenvalue weighted by Gasteiger charge is 2.11. The third-order valence-electron chi connectivity index (χ3n) is 3.64. The van der Waals surface area contributed by atoms with E-state index in [9.17, 15) is 22.8 Å². The summed E-state index contributed by atoms with van der Waals surface area (Å²) in [6, 6.07) is 12.5. The van der Waals surface area contributed by atoms with E-state index in [0.717, 1.165) is 0 Å². The third kappa shape index (κ3) is 14.3. The normalized spacial score (nSPS) is 10.5. The Kier molecular flexibility index (Phi) is 12.0. The van der Waals surface area contributed by atoms with Crippen LogP contribution in [-0.4, -0.2) is 55.7 Å². The number of hydrogen-bond acceptors (Lipinski definition) is 9. The second-order valence-corrected chi connectivity index (χ2v) is 8.93. The predicted octanol–water partition coefficient (Wildman–Crippen LogP) is 0.857. The maximum atomic E-state index is 12.2. The molecule has 2 rings (SSSR count). The molecule has 0 fully saturated rings. The number of benzene rings is 2. The number of nitrogens with two attached hydrogens (primary N) is 2. The van der Waals surface area contributed by atoms with Crippen molar-refractivity contribution in [1.29, 1.82) is 0 Å². The first kappa shape index (κ1) is 30.0. The molecule has 2 aromatic rings. The van der Waals surface area contributed by atoms with Crippen LogP contribution in [0.25, 0.3) is 0 Å². The molecule has 0 bridgehead atoms. The van der Waals surface area contributed by atoms with Crippen LogP contribution in [0, 0.1) is 0 Å². The van der Waals surface area contributed by atoms with Crippen LogP contribution < -0.4 is 21.5 Å². The summed E-state index contributed by atoms with van der Waals surface area (Å²) in [4.78, 5) is 48.5. The molecule has 0 aliphatic carbocycles. The van der Waals surface area contributed by atoms with E-state index in [1.165, 1.54) is 12.1 Å². The fourth-order valence-electron chi connectivity index (χ4n) is 2.37. The monoisotopic (exact) mass is 524 g/mol. The second kappa shape index (κ2) is 14.4. The Morgan fingerprint density at radius 1 is 1.03 bits per heavy atom. The zero-order valence-electron chi connectivity index (χ0n) is 19.8. The van der Waals surface area contributed by atoms with Crippen LogP contribution in [0.5, 0.6) is 5.75 Å². The molecule has 14 heteroatoms. The number of ether oxygens (including phenoxy) is 1. The molecule has 0 aliphatic rings. The number of esters is 1. The van der Waals surface area contributed by atoms with E-state index in [2.05, 4.69) is 20.1 Å². The summed E-state index contributed by atoms with van der Waals surface area (Å²) in [6.07, 6.45) is 0.638. The third-order valence-corrected chi connectivity index (χ3v) is 3.64. The molecule has 13 nitrogen and oxygen atoms in total. The number of carbonyl (C=O) groups excluding carboxylic acids is 3. The molecule has 196 valence electrons. The van der Waals surface area contributed by atoms with E-state index in [0.29, 0.717) is 28.8 Å². The lowest BCUT2D eigenvalue weighted by atomic mass is 10.1. The molecule has 0 unspecified atom stereocenters. The van der Waals surface area contributed by atoms with Crippen molar-refractivity contribution in [1.82, 2.24) is 5.32 Å². The van der Waals surface area contributed by atoms with Crippen molar-refractivity contribution in [3.8, 4) is 5.75 Å². The first-order valence-electron chi connectivity index (χ1n) is 10.3. The second-order valence-electron chi connectivity index (χ2n) is 7.47. The van der Waals surface area contributed by atoms with Crippen LogP contribution >= 0.6 is 0 Å². The topological polar surface area (TPSA) is 210 Å². The molecule has 0 aliphatic heterocycles. The van der Waals surface area contributed by atoms with Crippen molar-refractivity contribution in [2.75, 3.05) is 12.9 Å². The minimum absolute atomic E-state index is 0.0385. The zero-order valence-corrected chi connectivity index (χ0v) is 20.7. The average Bonchev–Trinajstić information content (AvgIpc) is 2.73. The maximum Gasteiger partial charge on any atom is 0.346 e. The number of carbonyl (C=O) groups is 3. The van der Waals surface area contributed by atoms with Gasteiger partial charge < -0.3 is 21.5 Å². The lowest BCUT2D eigenvalue weighted by Crippen LogP contribution is -2.33. The average molecular weight is 525 g/mol. The number of nitrogens with zero attached hydrogens (tertiary/aromatic N) is 1. The molecular formula is C22H28N4O9S. The Labute approximate surface area is 208 Å². The molecule has 0 saturated heterocycles. The van der Waals surface area contributed by atoms with Gasteiger partial charge in [0.2, 0.25) is 0 Å². The molecule has 2 aromatic carbocycles. The van der Waals surface area contributed by atoms with Crippen LogP contribution in [0.3, 0.4) is 0 Å². The summed E-state index contributed by atoms with van der Waals surface area (Å²) in [5, 5.41) is 2.60. The zero-order chi connectivity index (χ0) is 27.3. The van der Waals surface area contributed by atoms with Crippen molar-refractivity contribution in [2.24, 2.45) is 16.5 Å². The van der Waals surface area contributed by atoms with Gasteiger partial charge in [0.25, 0.3) is 16.0 Å². The van der Waals surface area contributed by atoms with E-state index in [4.69, 9.17) is 20.8 Å². The van der Waals surface area contributed by atoms with Gasteiger partial charge in [-0.2, -0.15) is 13.3 Å². The number of aliphatic imine (C=N–C) groups is 1. The molecule has 0 heterocycles. The van der Waals surface area contributed by atoms with E-state index >= 15 is 0 Å². The van der Waals surface area contributed by atoms with Gasteiger partial charge in [-0.1, -0.05) is 12.1 Å². The summed E-state index contributed by atoms with van der Waals surface area (Å²) in [6.45, 7) is 3.22. The quantitative estimate of drug-likeness (QED) is 0.0687. The highest BCUT2D eigenvalue weighted by molar-refractivity contribution is 7.85. The SMILES string of the molecule is CC(C)NC(=O)COOC(=O)Cc1ccc(OC(=O)c2ccc(N=C(N)N)cc2)cc1.CS(=O)(=O)O. The van der Waals surface area contributed by atoms with E-state index in [-0.39, 0.29) is 30.9 Å². The fraction of sp³-hybridized carbons (Fsp3) is 0.273.